The molecule has 2 unspecified atom stereocenters. The average molecular weight is 161 g/mol. The predicted octanol–water partition coefficient (Wildman–Crippen LogP) is 2.89. The van der Waals surface area contributed by atoms with Gasteiger partial charge < -0.3 is 0 Å². The van der Waals surface area contributed by atoms with Crippen molar-refractivity contribution >= 4 is 0 Å². The molecule has 1 nitrogen and oxygen atoms in total. The standard InChI is InChI=1S/C11H15N/c1-11(2)9-4-3-8(5-6-12)7-10(9)11/h7,9-10H,3-5H2,1-2H3. The van der Waals surface area contributed by atoms with E-state index in [1.165, 1.54) is 12.0 Å². The molecule has 1 fully saturated rings. The molecule has 0 radical (unpaired) electrons. The number of fused-ring (bicyclic) bond motifs is 1. The number of rotatable bonds is 1. The predicted molar refractivity (Wildman–Crippen MR) is 48.3 cm³/mol. The third-order valence-corrected chi connectivity index (χ3v) is 3.64. The second kappa shape index (κ2) is 2.36. The van der Waals surface area contributed by atoms with Crippen LogP contribution in [0, 0.1) is 28.6 Å². The Labute approximate surface area is 74.1 Å². The molecular weight excluding hydrogens is 146 g/mol. The van der Waals surface area contributed by atoms with Crippen molar-refractivity contribution in [3.63, 3.8) is 0 Å². The maximum atomic E-state index is 8.56. The molecule has 2 aliphatic carbocycles. The van der Waals surface area contributed by atoms with E-state index in [1.54, 1.807) is 0 Å². The van der Waals surface area contributed by atoms with Gasteiger partial charge >= 0.3 is 0 Å². The fraction of sp³-hybridized carbons (Fsp3) is 0.727. The molecule has 1 saturated carbocycles. The van der Waals surface area contributed by atoms with Gasteiger partial charge in [0.1, 0.15) is 0 Å². The lowest BCUT2D eigenvalue weighted by Gasteiger charge is -2.07. The average Bonchev–Trinajstić information content (AvgIpc) is 2.55. The maximum absolute atomic E-state index is 8.56. The topological polar surface area (TPSA) is 23.8 Å². The first-order chi connectivity index (χ1) is 5.66. The molecule has 0 N–H and O–H groups in total. The van der Waals surface area contributed by atoms with E-state index in [4.69, 9.17) is 5.26 Å². The van der Waals surface area contributed by atoms with E-state index in [0.717, 1.165) is 18.3 Å². The van der Waals surface area contributed by atoms with Gasteiger partial charge in [0.25, 0.3) is 0 Å². The first-order valence-electron chi connectivity index (χ1n) is 4.73. The van der Waals surface area contributed by atoms with Crippen LogP contribution in [0.2, 0.25) is 0 Å². The van der Waals surface area contributed by atoms with Crippen molar-refractivity contribution < 1.29 is 0 Å². The molecule has 2 rings (SSSR count). The van der Waals surface area contributed by atoms with E-state index in [-0.39, 0.29) is 0 Å². The molecule has 2 atom stereocenters. The third kappa shape index (κ3) is 0.982. The molecule has 0 aromatic carbocycles. The van der Waals surface area contributed by atoms with Gasteiger partial charge in [-0.3, -0.25) is 0 Å². The van der Waals surface area contributed by atoms with Crippen LogP contribution < -0.4 is 0 Å². The Hall–Kier alpha value is -0.770. The van der Waals surface area contributed by atoms with Crippen molar-refractivity contribution in [1.82, 2.24) is 0 Å². The number of allylic oxidation sites excluding steroid dienone is 2. The third-order valence-electron chi connectivity index (χ3n) is 3.64. The number of hydrogen-bond donors (Lipinski definition) is 0. The molecule has 2 aliphatic rings. The summed E-state index contributed by atoms with van der Waals surface area (Å²) in [6.07, 6.45) is 5.49. The fourth-order valence-corrected chi connectivity index (χ4v) is 2.60. The minimum atomic E-state index is 0.539. The van der Waals surface area contributed by atoms with Gasteiger partial charge in [0.15, 0.2) is 0 Å². The monoisotopic (exact) mass is 161 g/mol. The van der Waals surface area contributed by atoms with E-state index in [1.807, 2.05) is 0 Å². The van der Waals surface area contributed by atoms with Crippen LogP contribution in [-0.2, 0) is 0 Å². The summed E-state index contributed by atoms with van der Waals surface area (Å²) in [5, 5.41) is 8.56. The number of hydrogen-bond acceptors (Lipinski definition) is 1. The van der Waals surface area contributed by atoms with Crippen LogP contribution in [0.1, 0.15) is 33.1 Å². The fourth-order valence-electron chi connectivity index (χ4n) is 2.60. The van der Waals surface area contributed by atoms with Crippen molar-refractivity contribution in [2.24, 2.45) is 17.3 Å². The summed E-state index contributed by atoms with van der Waals surface area (Å²) in [7, 11) is 0. The van der Waals surface area contributed by atoms with Gasteiger partial charge in [-0.15, -0.1) is 0 Å². The first kappa shape index (κ1) is 7.86. The van der Waals surface area contributed by atoms with E-state index in [9.17, 15) is 0 Å². The molecule has 0 heterocycles. The van der Waals surface area contributed by atoms with Crippen LogP contribution in [0.3, 0.4) is 0 Å². The molecular formula is C11H15N. The van der Waals surface area contributed by atoms with Crippen molar-refractivity contribution in [1.29, 1.82) is 5.26 Å². The van der Waals surface area contributed by atoms with Gasteiger partial charge in [0.2, 0.25) is 0 Å². The Morgan fingerprint density at radius 1 is 1.67 bits per heavy atom. The summed E-state index contributed by atoms with van der Waals surface area (Å²) >= 11 is 0. The first-order valence-corrected chi connectivity index (χ1v) is 4.73. The zero-order valence-corrected chi connectivity index (χ0v) is 7.80. The lowest BCUT2D eigenvalue weighted by molar-refractivity contribution is 0.532. The van der Waals surface area contributed by atoms with Crippen LogP contribution in [0.25, 0.3) is 0 Å². The molecule has 0 aliphatic heterocycles. The highest BCUT2D eigenvalue weighted by Crippen LogP contribution is 2.63. The second-order valence-electron chi connectivity index (χ2n) is 4.65. The Morgan fingerprint density at radius 3 is 3.00 bits per heavy atom. The summed E-state index contributed by atoms with van der Waals surface area (Å²) in [5.74, 6) is 1.70. The van der Waals surface area contributed by atoms with Crippen molar-refractivity contribution in [3.8, 4) is 6.07 Å². The lowest BCUT2D eigenvalue weighted by Crippen LogP contribution is -1.93. The molecule has 12 heavy (non-hydrogen) atoms. The van der Waals surface area contributed by atoms with Gasteiger partial charge in [-0.05, 0) is 30.1 Å². The molecule has 0 aromatic heterocycles. The summed E-state index contributed by atoms with van der Waals surface area (Å²) in [6.45, 7) is 4.68. The maximum Gasteiger partial charge on any atom is 0.0666 e. The number of nitriles is 1. The summed E-state index contributed by atoms with van der Waals surface area (Å²) in [6, 6.07) is 2.24. The lowest BCUT2D eigenvalue weighted by atomic mass is 9.98. The summed E-state index contributed by atoms with van der Waals surface area (Å²) in [5.41, 5.74) is 1.92. The van der Waals surface area contributed by atoms with Crippen LogP contribution >= 0.6 is 0 Å². The zero-order chi connectivity index (χ0) is 8.77. The highest BCUT2D eigenvalue weighted by Gasteiger charge is 2.56. The minimum Gasteiger partial charge on any atom is -0.198 e. The molecule has 0 amide bonds. The molecule has 64 valence electrons. The van der Waals surface area contributed by atoms with Gasteiger partial charge in [-0.1, -0.05) is 25.5 Å². The van der Waals surface area contributed by atoms with Crippen molar-refractivity contribution in [3.05, 3.63) is 11.6 Å². The highest BCUT2D eigenvalue weighted by atomic mass is 14.6. The summed E-state index contributed by atoms with van der Waals surface area (Å²) in [4.78, 5) is 0. The van der Waals surface area contributed by atoms with Gasteiger partial charge in [-0.25, -0.2) is 0 Å². The zero-order valence-electron chi connectivity index (χ0n) is 7.80. The van der Waals surface area contributed by atoms with Crippen LogP contribution in [-0.4, -0.2) is 0 Å². The minimum absolute atomic E-state index is 0.539. The van der Waals surface area contributed by atoms with Crippen LogP contribution in [0.4, 0.5) is 0 Å². The number of nitrogens with zero attached hydrogens (tertiary/aromatic N) is 1. The van der Waals surface area contributed by atoms with E-state index in [0.29, 0.717) is 11.8 Å². The van der Waals surface area contributed by atoms with Gasteiger partial charge in [0.05, 0.1) is 12.5 Å². The Kier molecular flexibility index (Phi) is 1.54. The van der Waals surface area contributed by atoms with Gasteiger partial charge in [0, 0.05) is 0 Å². The highest BCUT2D eigenvalue weighted by molar-refractivity contribution is 5.24. The Bertz CT molecular complexity index is 267. The largest absolute Gasteiger partial charge is 0.198 e. The van der Waals surface area contributed by atoms with Crippen LogP contribution in [0.5, 0.6) is 0 Å². The molecule has 0 spiro atoms. The van der Waals surface area contributed by atoms with Crippen molar-refractivity contribution in [2.75, 3.05) is 0 Å². The SMILES string of the molecule is CC1(C)C2C=C(CC#N)CCC21. The molecule has 0 aromatic rings. The Morgan fingerprint density at radius 2 is 2.42 bits per heavy atom. The molecule has 0 bridgehead atoms. The van der Waals surface area contributed by atoms with Crippen molar-refractivity contribution in [2.45, 2.75) is 33.1 Å². The smallest absolute Gasteiger partial charge is 0.0666 e. The van der Waals surface area contributed by atoms with E-state index >= 15 is 0 Å². The normalized spacial score (nSPS) is 36.2. The molecule has 1 heteroatoms. The molecule has 0 saturated heterocycles. The van der Waals surface area contributed by atoms with Crippen LogP contribution in [0.15, 0.2) is 11.6 Å². The summed E-state index contributed by atoms with van der Waals surface area (Å²) < 4.78 is 0. The van der Waals surface area contributed by atoms with E-state index < -0.39 is 0 Å². The van der Waals surface area contributed by atoms with E-state index in [2.05, 4.69) is 26.0 Å². The quantitative estimate of drug-likeness (QED) is 0.542. The van der Waals surface area contributed by atoms with Gasteiger partial charge in [-0.2, -0.15) is 5.26 Å². The second-order valence-corrected chi connectivity index (χ2v) is 4.65. The Balaban J connectivity index is 2.10.